The Kier molecular flexibility index (Phi) is 4.95. The standard InChI is InChI=1S/C11H13ClSi.C9H7Br/c1-13(2,12)11-7-9-5-3-4-6-10(9)8-11;10-9-5-7-3-1-2-4-8(7)6-9/h3-7H,8H2,1-2H3;1-5H,6H2. The molecule has 0 unspecified atom stereocenters. The Hall–Kier alpha value is -1.09. The van der Waals surface area contributed by atoms with E-state index in [4.69, 9.17) is 11.1 Å². The maximum Gasteiger partial charge on any atom is 0.177 e. The Morgan fingerprint density at radius 1 is 0.826 bits per heavy atom. The third kappa shape index (κ3) is 4.06. The van der Waals surface area contributed by atoms with E-state index >= 15 is 0 Å². The van der Waals surface area contributed by atoms with Crippen LogP contribution < -0.4 is 0 Å². The van der Waals surface area contributed by atoms with E-state index in [9.17, 15) is 0 Å². The Bertz CT molecular complexity index is 784. The fourth-order valence-electron chi connectivity index (χ4n) is 2.90. The van der Waals surface area contributed by atoms with E-state index in [0.717, 1.165) is 12.8 Å². The van der Waals surface area contributed by atoms with Crippen molar-refractivity contribution in [2.45, 2.75) is 25.9 Å². The normalized spacial score (nSPS) is 15.1. The van der Waals surface area contributed by atoms with Crippen molar-refractivity contribution in [1.82, 2.24) is 0 Å². The summed E-state index contributed by atoms with van der Waals surface area (Å²) >= 11 is 9.88. The van der Waals surface area contributed by atoms with Crippen molar-refractivity contribution >= 4 is 46.5 Å². The van der Waals surface area contributed by atoms with Crippen LogP contribution in [0.5, 0.6) is 0 Å². The first-order valence-corrected chi connectivity index (χ1v) is 12.7. The number of allylic oxidation sites excluding steroid dienone is 2. The Balaban J connectivity index is 0.000000140. The first-order valence-electron chi connectivity index (χ1n) is 7.85. The molecule has 0 fully saturated rings. The smallest absolute Gasteiger partial charge is 0.162 e. The van der Waals surface area contributed by atoms with Crippen LogP contribution in [0, 0.1) is 0 Å². The predicted octanol–water partition coefficient (Wildman–Crippen LogP) is 6.59. The lowest BCUT2D eigenvalue weighted by Crippen LogP contribution is -2.20. The minimum Gasteiger partial charge on any atom is -0.162 e. The molecule has 0 atom stereocenters. The fraction of sp³-hybridized carbons (Fsp3) is 0.200. The van der Waals surface area contributed by atoms with Crippen LogP contribution in [0.3, 0.4) is 0 Å². The van der Waals surface area contributed by atoms with Crippen LogP contribution in [-0.4, -0.2) is 7.38 Å². The summed E-state index contributed by atoms with van der Waals surface area (Å²) in [7, 11) is -1.59. The van der Waals surface area contributed by atoms with Gasteiger partial charge in [0.05, 0.1) is 0 Å². The largest absolute Gasteiger partial charge is 0.177 e. The van der Waals surface area contributed by atoms with Crippen molar-refractivity contribution in [3.63, 3.8) is 0 Å². The molecular formula is C20H20BrClSi. The molecule has 0 aliphatic heterocycles. The predicted molar refractivity (Wildman–Crippen MR) is 109 cm³/mol. The van der Waals surface area contributed by atoms with Gasteiger partial charge in [0.2, 0.25) is 0 Å². The molecule has 0 N–H and O–H groups in total. The SMILES string of the molecule is BrC1=Cc2ccccc2C1.C[Si](C)(Cl)C1=Cc2ccccc2C1. The van der Waals surface area contributed by atoms with Gasteiger partial charge < -0.3 is 0 Å². The number of rotatable bonds is 1. The number of hydrogen-bond acceptors (Lipinski definition) is 0. The van der Waals surface area contributed by atoms with Gasteiger partial charge in [-0.05, 0) is 34.8 Å². The lowest BCUT2D eigenvalue weighted by Gasteiger charge is -2.13. The summed E-state index contributed by atoms with van der Waals surface area (Å²) in [5.74, 6) is 0. The zero-order valence-corrected chi connectivity index (χ0v) is 16.8. The van der Waals surface area contributed by atoms with Crippen LogP contribution in [0.15, 0.2) is 58.2 Å². The average molecular weight is 404 g/mol. The van der Waals surface area contributed by atoms with Crippen molar-refractivity contribution < 1.29 is 0 Å². The summed E-state index contributed by atoms with van der Waals surface area (Å²) in [5, 5.41) is 1.45. The van der Waals surface area contributed by atoms with Gasteiger partial charge in [0, 0.05) is 10.9 Å². The van der Waals surface area contributed by atoms with E-state index in [-0.39, 0.29) is 0 Å². The monoisotopic (exact) mass is 402 g/mol. The summed E-state index contributed by atoms with van der Waals surface area (Å²) in [6.07, 6.45) is 6.58. The van der Waals surface area contributed by atoms with E-state index in [0.29, 0.717) is 0 Å². The lowest BCUT2D eigenvalue weighted by molar-refractivity contribution is 1.27. The second-order valence-corrected chi connectivity index (χ2v) is 13.9. The van der Waals surface area contributed by atoms with Gasteiger partial charge in [-0.1, -0.05) is 88.8 Å². The molecular weight excluding hydrogens is 384 g/mol. The maximum absolute atomic E-state index is 6.40. The first kappa shape index (κ1) is 16.8. The molecule has 2 aliphatic rings. The van der Waals surface area contributed by atoms with E-state index in [1.807, 2.05) is 0 Å². The molecule has 2 aromatic carbocycles. The molecule has 3 heteroatoms. The van der Waals surface area contributed by atoms with Crippen molar-refractivity contribution in [2.75, 3.05) is 0 Å². The van der Waals surface area contributed by atoms with Gasteiger partial charge in [-0.2, -0.15) is 11.1 Å². The molecule has 118 valence electrons. The average Bonchev–Trinajstić information content (AvgIpc) is 3.09. The number of fused-ring (bicyclic) bond motifs is 2. The quantitative estimate of drug-likeness (QED) is 0.372. The molecule has 0 saturated carbocycles. The molecule has 0 heterocycles. The molecule has 0 radical (unpaired) electrons. The topological polar surface area (TPSA) is 0 Å². The number of halogens is 2. The second-order valence-electron chi connectivity index (χ2n) is 6.48. The zero-order chi connectivity index (χ0) is 16.4. The summed E-state index contributed by atoms with van der Waals surface area (Å²) in [6.45, 7) is 4.37. The van der Waals surface area contributed by atoms with Gasteiger partial charge in [-0.15, -0.1) is 0 Å². The molecule has 23 heavy (non-hydrogen) atoms. The first-order chi connectivity index (χ1) is 10.9. The Morgan fingerprint density at radius 3 is 1.87 bits per heavy atom. The van der Waals surface area contributed by atoms with Crippen LogP contribution in [0.25, 0.3) is 12.2 Å². The molecule has 2 aromatic rings. The molecule has 0 nitrogen and oxygen atoms in total. The third-order valence-electron chi connectivity index (χ3n) is 4.26. The molecule has 0 amide bonds. The summed E-state index contributed by atoms with van der Waals surface area (Å²) in [4.78, 5) is 0. The third-order valence-corrected chi connectivity index (χ3v) is 7.34. The summed E-state index contributed by atoms with van der Waals surface area (Å²) in [5.41, 5.74) is 5.57. The number of hydrogen-bond donors (Lipinski definition) is 0. The Morgan fingerprint density at radius 2 is 1.35 bits per heavy atom. The minimum absolute atomic E-state index is 1.07. The van der Waals surface area contributed by atoms with Gasteiger partial charge in [0.15, 0.2) is 7.38 Å². The van der Waals surface area contributed by atoms with Gasteiger partial charge in [0.25, 0.3) is 0 Å². The molecule has 0 spiro atoms. The van der Waals surface area contributed by atoms with E-state index < -0.39 is 7.38 Å². The fourth-order valence-corrected chi connectivity index (χ4v) is 4.92. The van der Waals surface area contributed by atoms with Crippen LogP contribution in [0.1, 0.15) is 22.3 Å². The van der Waals surface area contributed by atoms with E-state index in [2.05, 4.69) is 89.7 Å². The maximum atomic E-state index is 6.40. The van der Waals surface area contributed by atoms with Crippen LogP contribution in [0.2, 0.25) is 13.1 Å². The van der Waals surface area contributed by atoms with Crippen LogP contribution in [-0.2, 0) is 12.8 Å². The molecule has 4 rings (SSSR count). The Labute approximate surface area is 152 Å². The van der Waals surface area contributed by atoms with Crippen molar-refractivity contribution in [3.05, 3.63) is 80.5 Å². The summed E-state index contributed by atoms with van der Waals surface area (Å²) in [6, 6.07) is 17.0. The molecule has 0 aromatic heterocycles. The van der Waals surface area contributed by atoms with Crippen molar-refractivity contribution in [3.8, 4) is 0 Å². The van der Waals surface area contributed by atoms with Gasteiger partial charge >= 0.3 is 0 Å². The van der Waals surface area contributed by atoms with Crippen molar-refractivity contribution in [2.24, 2.45) is 0 Å². The van der Waals surface area contributed by atoms with Crippen LogP contribution in [0.4, 0.5) is 0 Å². The van der Waals surface area contributed by atoms with E-state index in [1.54, 1.807) is 0 Å². The highest BCUT2D eigenvalue weighted by atomic mass is 79.9. The highest BCUT2D eigenvalue weighted by molar-refractivity contribution is 9.11. The van der Waals surface area contributed by atoms with E-state index in [1.165, 1.54) is 31.9 Å². The van der Waals surface area contributed by atoms with Gasteiger partial charge in [-0.3, -0.25) is 0 Å². The number of benzene rings is 2. The minimum atomic E-state index is -1.59. The molecule has 0 bridgehead atoms. The second kappa shape index (κ2) is 6.80. The van der Waals surface area contributed by atoms with Crippen molar-refractivity contribution in [1.29, 1.82) is 0 Å². The van der Waals surface area contributed by atoms with Gasteiger partial charge in [0.1, 0.15) is 0 Å². The summed E-state index contributed by atoms with van der Waals surface area (Å²) < 4.78 is 1.29. The zero-order valence-electron chi connectivity index (χ0n) is 13.4. The van der Waals surface area contributed by atoms with Crippen LogP contribution >= 0.6 is 27.0 Å². The van der Waals surface area contributed by atoms with Gasteiger partial charge in [-0.25, -0.2) is 0 Å². The molecule has 0 saturated heterocycles. The highest BCUT2D eigenvalue weighted by Crippen LogP contribution is 2.32. The lowest BCUT2D eigenvalue weighted by atomic mass is 10.1. The molecule has 2 aliphatic carbocycles. The highest BCUT2D eigenvalue weighted by Gasteiger charge is 2.26.